The van der Waals surface area contributed by atoms with Crippen LogP contribution in [-0.2, 0) is 6.54 Å². The van der Waals surface area contributed by atoms with Gasteiger partial charge in [-0.2, -0.15) is 10.2 Å². The Kier molecular flexibility index (Phi) is 5.23. The molecular weight excluding hydrogens is 370 g/mol. The monoisotopic (exact) mass is 393 g/mol. The lowest BCUT2D eigenvalue weighted by Crippen LogP contribution is -2.40. The van der Waals surface area contributed by atoms with Crippen LogP contribution in [0.5, 0.6) is 0 Å². The number of aromatic amines is 1. The van der Waals surface area contributed by atoms with Gasteiger partial charge in [0, 0.05) is 30.6 Å². The van der Waals surface area contributed by atoms with Gasteiger partial charge in [-0.25, -0.2) is 4.68 Å². The first-order valence-electron chi connectivity index (χ1n) is 9.20. The van der Waals surface area contributed by atoms with E-state index in [0.29, 0.717) is 17.1 Å². The topological polar surface area (TPSA) is 101 Å². The normalized spacial score (nSPS) is 20.2. The second kappa shape index (κ2) is 7.95. The molecule has 1 aromatic heterocycles. The molecule has 8 heteroatoms. The summed E-state index contributed by atoms with van der Waals surface area (Å²) in [5, 5.41) is 11.2. The largest absolute Gasteiger partial charge is 0.335 e. The van der Waals surface area contributed by atoms with Gasteiger partial charge in [0.05, 0.1) is 6.54 Å². The molecule has 28 heavy (non-hydrogen) atoms. The van der Waals surface area contributed by atoms with Gasteiger partial charge in [-0.15, -0.1) is 0 Å². The van der Waals surface area contributed by atoms with Crippen molar-refractivity contribution in [2.24, 2.45) is 10.9 Å². The zero-order valence-corrected chi connectivity index (χ0v) is 16.2. The molecule has 5 N–H and O–H groups in total. The highest BCUT2D eigenvalue weighted by molar-refractivity contribution is 7.71. The maximum absolute atomic E-state index is 6.09. The molecule has 3 aromatic rings. The first-order chi connectivity index (χ1) is 13.7. The second-order valence-corrected chi connectivity index (χ2v) is 7.33. The Morgan fingerprint density at radius 2 is 1.54 bits per heavy atom. The summed E-state index contributed by atoms with van der Waals surface area (Å²) in [6.45, 7) is 0.556. The first-order valence-corrected chi connectivity index (χ1v) is 9.61. The molecule has 7 nitrogen and oxygen atoms in total. The number of aromatic nitrogens is 3. The van der Waals surface area contributed by atoms with Crippen molar-refractivity contribution in [1.29, 1.82) is 0 Å². The van der Waals surface area contributed by atoms with E-state index >= 15 is 0 Å². The highest BCUT2D eigenvalue weighted by atomic mass is 32.1. The van der Waals surface area contributed by atoms with Crippen LogP contribution in [-0.4, -0.2) is 25.5 Å². The minimum Gasteiger partial charge on any atom is -0.335 e. The smallest absolute Gasteiger partial charge is 0.214 e. The Morgan fingerprint density at radius 1 is 1.00 bits per heavy atom. The average molecular weight is 394 g/mol. The summed E-state index contributed by atoms with van der Waals surface area (Å²) in [6.07, 6.45) is 1.53. The van der Waals surface area contributed by atoms with Gasteiger partial charge in [0.15, 0.2) is 5.82 Å². The molecule has 1 aliphatic heterocycles. The Morgan fingerprint density at radius 3 is 1.96 bits per heavy atom. The number of likely N-dealkylation sites (tertiary alicyclic amines) is 1. The lowest BCUT2D eigenvalue weighted by Gasteiger charge is -2.42. The number of rotatable bonds is 4. The summed E-state index contributed by atoms with van der Waals surface area (Å²) in [7, 11) is 0. The summed E-state index contributed by atoms with van der Waals surface area (Å²) in [6, 6.07) is 21.0. The Hall–Kier alpha value is -2.97. The summed E-state index contributed by atoms with van der Waals surface area (Å²) >= 11 is 5.19. The molecule has 0 bridgehead atoms. The highest BCUT2D eigenvalue weighted by Crippen LogP contribution is 2.41. The molecule has 2 unspecified atom stereocenters. The third-order valence-electron chi connectivity index (χ3n) is 5.31. The van der Waals surface area contributed by atoms with E-state index in [9.17, 15) is 0 Å². The van der Waals surface area contributed by atoms with Crippen molar-refractivity contribution in [3.05, 3.63) is 82.4 Å². The summed E-state index contributed by atoms with van der Waals surface area (Å²) < 4.78 is 1.84. The number of benzene rings is 2. The van der Waals surface area contributed by atoms with Crippen molar-refractivity contribution < 1.29 is 0 Å². The highest BCUT2D eigenvalue weighted by Gasteiger charge is 2.36. The Labute approximate surface area is 168 Å². The molecule has 144 valence electrons. The number of nitrogens with one attached hydrogen (secondary N) is 1. The Bertz CT molecular complexity index is 958. The SMILES string of the molecule is NN=C1CC(c2ccccc2)N(Cc2n[nH]c(=S)n2N)C(c2ccccc2)C1. The number of hydrogen-bond donors (Lipinski definition) is 3. The van der Waals surface area contributed by atoms with Crippen LogP contribution >= 0.6 is 12.2 Å². The zero-order chi connectivity index (χ0) is 19.5. The van der Waals surface area contributed by atoms with Crippen molar-refractivity contribution in [2.75, 3.05) is 5.84 Å². The molecular formula is C20H23N7S. The molecule has 0 saturated carbocycles. The van der Waals surface area contributed by atoms with E-state index in [4.69, 9.17) is 23.9 Å². The van der Waals surface area contributed by atoms with E-state index < -0.39 is 0 Å². The van der Waals surface area contributed by atoms with Crippen LogP contribution in [0.1, 0.15) is 41.9 Å². The maximum Gasteiger partial charge on any atom is 0.214 e. The molecule has 0 radical (unpaired) electrons. The van der Waals surface area contributed by atoms with Gasteiger partial charge in [0.1, 0.15) is 0 Å². The van der Waals surface area contributed by atoms with Crippen molar-refractivity contribution in [3.63, 3.8) is 0 Å². The van der Waals surface area contributed by atoms with Crippen LogP contribution in [0.2, 0.25) is 0 Å². The minimum atomic E-state index is 0.104. The van der Waals surface area contributed by atoms with Crippen LogP contribution in [0.25, 0.3) is 0 Å². The van der Waals surface area contributed by atoms with Crippen molar-refractivity contribution in [3.8, 4) is 0 Å². The van der Waals surface area contributed by atoms with Crippen LogP contribution in [0, 0.1) is 4.77 Å². The van der Waals surface area contributed by atoms with Crippen molar-refractivity contribution in [2.45, 2.75) is 31.5 Å². The van der Waals surface area contributed by atoms with Gasteiger partial charge in [0.25, 0.3) is 0 Å². The minimum absolute atomic E-state index is 0.104. The average Bonchev–Trinajstić information content (AvgIpc) is 3.07. The van der Waals surface area contributed by atoms with E-state index in [-0.39, 0.29) is 12.1 Å². The molecule has 4 rings (SSSR count). The van der Waals surface area contributed by atoms with Gasteiger partial charge >= 0.3 is 0 Å². The standard InChI is InChI=1S/C20H23N7S/c21-23-16-11-17(14-7-3-1-4-8-14)26(13-19-24-25-20(28)27(19)22)18(12-16)15-9-5-2-6-10-15/h1-10,17-18H,11-13,21-22H2,(H,25,28). The number of nitrogens with two attached hydrogens (primary N) is 2. The number of nitrogens with zero attached hydrogens (tertiary/aromatic N) is 4. The fourth-order valence-electron chi connectivity index (χ4n) is 3.89. The molecule has 1 saturated heterocycles. The third-order valence-corrected chi connectivity index (χ3v) is 5.60. The molecule has 0 amide bonds. The zero-order valence-electron chi connectivity index (χ0n) is 15.4. The number of hydrogen-bond acceptors (Lipinski definition) is 6. The molecule has 1 fully saturated rings. The number of piperidine rings is 1. The summed E-state index contributed by atoms with van der Waals surface area (Å²) in [5.74, 6) is 12.5. The molecule has 2 heterocycles. The summed E-state index contributed by atoms with van der Waals surface area (Å²) in [4.78, 5) is 2.41. The van der Waals surface area contributed by atoms with Gasteiger partial charge < -0.3 is 11.7 Å². The maximum atomic E-state index is 6.09. The van der Waals surface area contributed by atoms with Crippen LogP contribution in [0.4, 0.5) is 0 Å². The quantitative estimate of drug-likeness (QED) is 0.359. The molecule has 0 spiro atoms. The number of hydrazone groups is 1. The first kappa shape index (κ1) is 18.4. The fraction of sp³-hybridized carbons (Fsp3) is 0.250. The van der Waals surface area contributed by atoms with Gasteiger partial charge in [-0.3, -0.25) is 10.00 Å². The molecule has 0 aliphatic carbocycles. The predicted octanol–water partition coefficient (Wildman–Crippen LogP) is 3.05. The van der Waals surface area contributed by atoms with E-state index in [2.05, 4.69) is 68.7 Å². The van der Waals surface area contributed by atoms with E-state index in [1.807, 2.05) is 12.1 Å². The van der Waals surface area contributed by atoms with Gasteiger partial charge in [-0.1, -0.05) is 60.7 Å². The molecule has 2 aromatic carbocycles. The van der Waals surface area contributed by atoms with Crippen LogP contribution < -0.4 is 11.7 Å². The Balaban J connectivity index is 1.79. The number of nitrogen functional groups attached to an aromatic ring is 1. The van der Waals surface area contributed by atoms with Crippen molar-refractivity contribution >= 4 is 17.9 Å². The van der Waals surface area contributed by atoms with Gasteiger partial charge in [0.2, 0.25) is 4.77 Å². The lowest BCUT2D eigenvalue weighted by atomic mass is 9.86. The van der Waals surface area contributed by atoms with Crippen LogP contribution in [0.15, 0.2) is 65.8 Å². The van der Waals surface area contributed by atoms with Crippen molar-refractivity contribution in [1.82, 2.24) is 19.8 Å². The summed E-state index contributed by atoms with van der Waals surface area (Å²) in [5.41, 5.74) is 3.43. The lowest BCUT2D eigenvalue weighted by molar-refractivity contribution is 0.110. The third kappa shape index (κ3) is 3.56. The number of H-pyrrole nitrogens is 1. The molecule has 1 aliphatic rings. The molecule has 2 atom stereocenters. The predicted molar refractivity (Wildman–Crippen MR) is 112 cm³/mol. The van der Waals surface area contributed by atoms with Crippen LogP contribution in [0.3, 0.4) is 0 Å². The van der Waals surface area contributed by atoms with Gasteiger partial charge in [-0.05, 0) is 23.3 Å². The van der Waals surface area contributed by atoms with E-state index in [0.717, 1.165) is 18.6 Å². The fourth-order valence-corrected chi connectivity index (χ4v) is 4.04. The van der Waals surface area contributed by atoms with E-state index in [1.54, 1.807) is 0 Å². The second-order valence-electron chi connectivity index (χ2n) is 6.94. The van der Waals surface area contributed by atoms with E-state index in [1.165, 1.54) is 15.8 Å².